The molecule has 0 spiro atoms. The number of hydrogen-bond acceptors (Lipinski definition) is 2. The molecule has 1 aliphatic carbocycles. The van der Waals surface area contributed by atoms with Crippen LogP contribution in [0.25, 0.3) is 54.6 Å². The number of anilines is 1. The van der Waals surface area contributed by atoms with Crippen LogP contribution in [0, 0.1) is 0 Å². The van der Waals surface area contributed by atoms with Crippen LogP contribution in [0.3, 0.4) is 0 Å². The molecule has 1 unspecified atom stereocenters. The highest BCUT2D eigenvalue weighted by Crippen LogP contribution is 2.58. The van der Waals surface area contributed by atoms with Crippen LogP contribution in [0.2, 0.25) is 0 Å². The summed E-state index contributed by atoms with van der Waals surface area (Å²) >= 11 is 1.93. The minimum Gasteiger partial charge on any atom is -0.368 e. The number of rotatable bonds is 4. The topological polar surface area (TPSA) is 12.0 Å². The molecule has 52 heavy (non-hydrogen) atoms. The summed E-state index contributed by atoms with van der Waals surface area (Å²) in [6, 6.07) is 69.9. The lowest BCUT2D eigenvalue weighted by atomic mass is 9.67. The molecule has 2 aliphatic rings. The SMILES string of the molecule is c1ccc(C2Nc3ccc4ccc5ccc(-c6ccc7c(c6)C(c6ccccc6)(c6ccccc6)c6ccc8ccccc8c6-7)cc5c4c3S2)cc1. The van der Waals surface area contributed by atoms with Crippen molar-refractivity contribution in [3.63, 3.8) is 0 Å². The van der Waals surface area contributed by atoms with Gasteiger partial charge in [-0.15, -0.1) is 0 Å². The van der Waals surface area contributed by atoms with Crippen LogP contribution in [0.4, 0.5) is 5.69 Å². The fourth-order valence-electron chi connectivity index (χ4n) is 9.03. The molecule has 1 N–H and O–H groups in total. The van der Waals surface area contributed by atoms with Crippen LogP contribution >= 0.6 is 11.8 Å². The number of fused-ring (bicyclic) bond motifs is 10. The molecule has 0 amide bonds. The summed E-state index contributed by atoms with van der Waals surface area (Å²) in [5.74, 6) is 0. The van der Waals surface area contributed by atoms with Gasteiger partial charge in [0.1, 0.15) is 5.37 Å². The van der Waals surface area contributed by atoms with Crippen LogP contribution in [-0.2, 0) is 5.41 Å². The highest BCUT2D eigenvalue weighted by molar-refractivity contribution is 8.00. The van der Waals surface area contributed by atoms with Gasteiger partial charge in [0.2, 0.25) is 0 Å². The third-order valence-electron chi connectivity index (χ3n) is 11.4. The maximum absolute atomic E-state index is 3.81. The second-order valence-electron chi connectivity index (χ2n) is 14.0. The molecule has 9 aromatic carbocycles. The summed E-state index contributed by atoms with van der Waals surface area (Å²) in [4.78, 5) is 1.33. The van der Waals surface area contributed by atoms with Gasteiger partial charge < -0.3 is 5.32 Å². The van der Waals surface area contributed by atoms with E-state index in [-0.39, 0.29) is 5.37 Å². The maximum Gasteiger partial charge on any atom is 0.103 e. The van der Waals surface area contributed by atoms with Gasteiger partial charge in [0.25, 0.3) is 0 Å². The molecular formula is C50H33NS. The van der Waals surface area contributed by atoms with E-state index in [1.54, 1.807) is 0 Å². The lowest BCUT2D eigenvalue weighted by Crippen LogP contribution is -2.28. The van der Waals surface area contributed by atoms with E-state index in [0.717, 1.165) is 0 Å². The Morgan fingerprint density at radius 3 is 1.85 bits per heavy atom. The van der Waals surface area contributed by atoms with Crippen molar-refractivity contribution in [3.05, 3.63) is 216 Å². The van der Waals surface area contributed by atoms with Crippen LogP contribution in [0.5, 0.6) is 0 Å². The first kappa shape index (κ1) is 29.6. The van der Waals surface area contributed by atoms with Crippen molar-refractivity contribution in [2.75, 3.05) is 5.32 Å². The predicted octanol–water partition coefficient (Wildman–Crippen LogP) is 13.4. The van der Waals surface area contributed by atoms with Crippen molar-refractivity contribution in [1.82, 2.24) is 0 Å². The molecule has 0 radical (unpaired) electrons. The van der Waals surface area contributed by atoms with E-state index in [9.17, 15) is 0 Å². The third-order valence-corrected chi connectivity index (χ3v) is 12.6. The van der Waals surface area contributed by atoms with Gasteiger partial charge >= 0.3 is 0 Å². The fraction of sp³-hybridized carbons (Fsp3) is 0.0400. The van der Waals surface area contributed by atoms with Crippen molar-refractivity contribution >= 4 is 49.8 Å². The van der Waals surface area contributed by atoms with Gasteiger partial charge in [-0.3, -0.25) is 0 Å². The van der Waals surface area contributed by atoms with Crippen molar-refractivity contribution < 1.29 is 0 Å². The first-order valence-corrected chi connectivity index (χ1v) is 18.9. The van der Waals surface area contributed by atoms with Crippen molar-refractivity contribution in [2.24, 2.45) is 0 Å². The van der Waals surface area contributed by atoms with Crippen molar-refractivity contribution in [2.45, 2.75) is 15.7 Å². The molecule has 244 valence electrons. The zero-order valence-corrected chi connectivity index (χ0v) is 29.2. The van der Waals surface area contributed by atoms with Gasteiger partial charge in [-0.2, -0.15) is 0 Å². The maximum atomic E-state index is 3.81. The third kappa shape index (κ3) is 4.25. The molecule has 11 rings (SSSR count). The summed E-state index contributed by atoms with van der Waals surface area (Å²) in [7, 11) is 0. The van der Waals surface area contributed by atoms with E-state index in [1.165, 1.54) is 93.0 Å². The van der Waals surface area contributed by atoms with Crippen molar-refractivity contribution in [3.8, 4) is 22.3 Å². The molecule has 1 heterocycles. The molecule has 1 aliphatic heterocycles. The fourth-order valence-corrected chi connectivity index (χ4v) is 10.3. The Kier molecular flexibility index (Phi) is 6.53. The molecule has 0 aromatic heterocycles. The molecule has 2 heteroatoms. The number of nitrogens with one attached hydrogen (secondary N) is 1. The molecule has 1 nitrogen and oxygen atoms in total. The smallest absolute Gasteiger partial charge is 0.103 e. The first-order chi connectivity index (χ1) is 25.8. The summed E-state index contributed by atoms with van der Waals surface area (Å²) in [6.45, 7) is 0. The molecular weight excluding hydrogens is 647 g/mol. The number of benzene rings is 9. The minimum atomic E-state index is -0.466. The summed E-state index contributed by atoms with van der Waals surface area (Å²) < 4.78 is 0. The highest BCUT2D eigenvalue weighted by Gasteiger charge is 2.46. The normalized spacial score (nSPS) is 15.3. The van der Waals surface area contributed by atoms with E-state index in [4.69, 9.17) is 0 Å². The molecule has 1 atom stereocenters. The first-order valence-electron chi connectivity index (χ1n) is 18.0. The average Bonchev–Trinajstić information content (AvgIpc) is 3.79. The van der Waals surface area contributed by atoms with E-state index < -0.39 is 5.41 Å². The van der Waals surface area contributed by atoms with Crippen molar-refractivity contribution in [1.29, 1.82) is 0 Å². The minimum absolute atomic E-state index is 0.193. The highest BCUT2D eigenvalue weighted by atomic mass is 32.2. The van der Waals surface area contributed by atoms with Gasteiger partial charge in [0, 0.05) is 16.0 Å². The molecule has 0 bridgehead atoms. The standard InChI is InChI=1S/C50H33NS/c1-4-13-35(14-5-1)49-51-45-29-26-34-22-20-33-21-23-36(30-42(33)46(34)48(45)52-49)37-24-27-41-44(31-37)50(38-15-6-2-7-16-38,39-17-8-3-9-18-39)43-28-25-32-12-10-11-19-40(32)47(41)43/h1-31,49,51H. The Morgan fingerprint density at radius 1 is 0.462 bits per heavy atom. The Morgan fingerprint density at radius 2 is 1.06 bits per heavy atom. The average molecular weight is 680 g/mol. The Bertz CT molecular complexity index is 2800. The van der Waals surface area contributed by atoms with E-state index in [1.807, 2.05) is 11.8 Å². The lowest BCUT2D eigenvalue weighted by Gasteiger charge is -2.34. The molecule has 9 aromatic rings. The summed E-state index contributed by atoms with van der Waals surface area (Å²) in [6.07, 6.45) is 0. The molecule has 0 saturated heterocycles. The Hall–Kier alpha value is -6.09. The summed E-state index contributed by atoms with van der Waals surface area (Å²) in [5, 5.41) is 11.7. The van der Waals surface area contributed by atoms with Gasteiger partial charge in [-0.25, -0.2) is 0 Å². The van der Waals surface area contributed by atoms with Gasteiger partial charge in [0.05, 0.1) is 5.41 Å². The van der Waals surface area contributed by atoms with E-state index in [0.29, 0.717) is 0 Å². The zero-order chi connectivity index (χ0) is 34.2. The zero-order valence-electron chi connectivity index (χ0n) is 28.4. The number of thioether (sulfide) groups is 1. The summed E-state index contributed by atoms with van der Waals surface area (Å²) in [5.41, 5.74) is 12.4. The molecule has 0 fully saturated rings. The van der Waals surface area contributed by atoms with Gasteiger partial charge in [-0.1, -0.05) is 182 Å². The second kappa shape index (κ2) is 11.5. The van der Waals surface area contributed by atoms with Crippen LogP contribution in [-0.4, -0.2) is 0 Å². The quantitative estimate of drug-likeness (QED) is 0.186. The van der Waals surface area contributed by atoms with Gasteiger partial charge in [-0.05, 0) is 95.2 Å². The lowest BCUT2D eigenvalue weighted by molar-refractivity contribution is 0.769. The molecule has 0 saturated carbocycles. The van der Waals surface area contributed by atoms with E-state index in [2.05, 4.69) is 193 Å². The largest absolute Gasteiger partial charge is 0.368 e. The van der Waals surface area contributed by atoms with E-state index >= 15 is 0 Å². The van der Waals surface area contributed by atoms with Crippen LogP contribution in [0.15, 0.2) is 193 Å². The Labute approximate surface area is 307 Å². The van der Waals surface area contributed by atoms with Gasteiger partial charge in [0.15, 0.2) is 0 Å². The predicted molar refractivity (Wildman–Crippen MR) is 220 cm³/mol. The van der Waals surface area contributed by atoms with Crippen LogP contribution in [0.1, 0.15) is 33.2 Å². The Balaban J connectivity index is 1.15. The van der Waals surface area contributed by atoms with Crippen LogP contribution < -0.4 is 5.32 Å². The number of hydrogen-bond donors (Lipinski definition) is 1. The monoisotopic (exact) mass is 679 g/mol. The second-order valence-corrected chi connectivity index (χ2v) is 15.2.